The molecule has 0 fully saturated rings. The summed E-state index contributed by atoms with van der Waals surface area (Å²) in [5.41, 5.74) is 3.03. The van der Waals surface area contributed by atoms with Gasteiger partial charge in [-0.3, -0.25) is 9.10 Å². The van der Waals surface area contributed by atoms with Crippen LogP contribution in [0.4, 0.5) is 5.69 Å². The van der Waals surface area contributed by atoms with Crippen molar-refractivity contribution >= 4 is 21.6 Å². The third kappa shape index (κ3) is 7.09. The first-order valence-corrected chi connectivity index (χ1v) is 13.1. The first-order chi connectivity index (χ1) is 16.1. The number of carbonyl (C=O) groups is 1. The van der Waals surface area contributed by atoms with Crippen LogP contribution < -0.4 is 14.4 Å². The van der Waals surface area contributed by atoms with Gasteiger partial charge in [-0.2, -0.15) is 0 Å². The van der Waals surface area contributed by atoms with Crippen LogP contribution in [0.15, 0.2) is 78.9 Å². The second kappa shape index (κ2) is 11.2. The Morgan fingerprint density at radius 3 is 2.09 bits per heavy atom. The molecule has 0 spiro atoms. The SMILES string of the molecule is CC(C)Oc1ccc(N(Cc2ccc(C(=O)NC[C@H](C)c3ccccc3)cc2)S(C)(=O)=O)cc1. The summed E-state index contributed by atoms with van der Waals surface area (Å²) < 4.78 is 31.9. The zero-order chi connectivity index (χ0) is 24.7. The van der Waals surface area contributed by atoms with Crippen molar-refractivity contribution in [1.82, 2.24) is 5.32 Å². The molecule has 0 unspecified atom stereocenters. The van der Waals surface area contributed by atoms with E-state index < -0.39 is 10.0 Å². The van der Waals surface area contributed by atoms with Crippen LogP contribution in [0.3, 0.4) is 0 Å². The molecule has 180 valence electrons. The van der Waals surface area contributed by atoms with Crippen molar-refractivity contribution in [3.63, 3.8) is 0 Å². The van der Waals surface area contributed by atoms with Gasteiger partial charge >= 0.3 is 0 Å². The van der Waals surface area contributed by atoms with E-state index >= 15 is 0 Å². The molecule has 0 aliphatic carbocycles. The van der Waals surface area contributed by atoms with E-state index in [0.717, 1.165) is 5.56 Å². The van der Waals surface area contributed by atoms with E-state index in [1.54, 1.807) is 48.5 Å². The van der Waals surface area contributed by atoms with Crippen molar-refractivity contribution in [1.29, 1.82) is 0 Å². The van der Waals surface area contributed by atoms with Gasteiger partial charge in [-0.1, -0.05) is 49.4 Å². The zero-order valence-corrected chi connectivity index (χ0v) is 20.9. The van der Waals surface area contributed by atoms with Crippen LogP contribution in [0.2, 0.25) is 0 Å². The predicted octanol–water partition coefficient (Wildman–Crippen LogP) is 4.97. The molecule has 3 aromatic carbocycles. The van der Waals surface area contributed by atoms with Crippen LogP contribution in [0, 0.1) is 0 Å². The molecular formula is C27H32N2O4S. The van der Waals surface area contributed by atoms with E-state index in [1.165, 1.54) is 16.1 Å². The summed E-state index contributed by atoms with van der Waals surface area (Å²) in [4.78, 5) is 12.6. The van der Waals surface area contributed by atoms with Crippen molar-refractivity contribution < 1.29 is 17.9 Å². The molecule has 7 heteroatoms. The van der Waals surface area contributed by atoms with E-state index in [-0.39, 0.29) is 24.5 Å². The monoisotopic (exact) mass is 480 g/mol. The number of sulfonamides is 1. The third-order valence-corrected chi connectivity index (χ3v) is 6.52. The molecule has 0 saturated heterocycles. The number of nitrogens with zero attached hydrogens (tertiary/aromatic N) is 1. The summed E-state index contributed by atoms with van der Waals surface area (Å²) in [5, 5.41) is 2.97. The molecule has 0 radical (unpaired) electrons. The number of rotatable bonds is 10. The number of carbonyl (C=O) groups excluding carboxylic acids is 1. The van der Waals surface area contributed by atoms with Gasteiger partial charge in [0.15, 0.2) is 0 Å². The number of amides is 1. The lowest BCUT2D eigenvalue weighted by Crippen LogP contribution is -2.29. The maximum absolute atomic E-state index is 12.6. The van der Waals surface area contributed by atoms with E-state index in [0.29, 0.717) is 23.5 Å². The van der Waals surface area contributed by atoms with Gasteiger partial charge in [-0.05, 0) is 67.3 Å². The lowest BCUT2D eigenvalue weighted by molar-refractivity contribution is 0.0951. The average molecular weight is 481 g/mol. The van der Waals surface area contributed by atoms with Gasteiger partial charge in [0.1, 0.15) is 5.75 Å². The first-order valence-electron chi connectivity index (χ1n) is 11.3. The van der Waals surface area contributed by atoms with E-state index in [9.17, 15) is 13.2 Å². The van der Waals surface area contributed by atoms with Gasteiger partial charge in [0.2, 0.25) is 10.0 Å². The minimum atomic E-state index is -3.51. The number of ether oxygens (including phenoxy) is 1. The van der Waals surface area contributed by atoms with Crippen molar-refractivity contribution in [2.45, 2.75) is 39.3 Å². The van der Waals surface area contributed by atoms with Crippen LogP contribution in [-0.2, 0) is 16.6 Å². The maximum atomic E-state index is 12.6. The Hall–Kier alpha value is -3.32. The summed E-state index contributed by atoms with van der Waals surface area (Å²) >= 11 is 0. The minimum absolute atomic E-state index is 0.0362. The van der Waals surface area contributed by atoms with Crippen molar-refractivity contribution in [2.75, 3.05) is 17.1 Å². The van der Waals surface area contributed by atoms with Crippen LogP contribution in [0.1, 0.15) is 48.2 Å². The standard InChI is InChI=1S/C27H32N2O4S/c1-20(2)33-26-16-14-25(15-17-26)29(34(4,31)32)19-22-10-12-24(13-11-22)27(30)28-18-21(3)23-8-6-5-7-9-23/h5-17,20-21H,18-19H2,1-4H3,(H,28,30)/t21-/m0/s1. The second-order valence-electron chi connectivity index (χ2n) is 8.65. The van der Waals surface area contributed by atoms with Crippen molar-refractivity contribution in [3.05, 3.63) is 95.6 Å². The van der Waals surface area contributed by atoms with Crippen LogP contribution >= 0.6 is 0 Å². The van der Waals surface area contributed by atoms with Crippen LogP contribution in [0.25, 0.3) is 0 Å². The molecule has 3 rings (SSSR count). The van der Waals surface area contributed by atoms with Crippen LogP contribution in [-0.4, -0.2) is 33.2 Å². The number of hydrogen-bond acceptors (Lipinski definition) is 4. The topological polar surface area (TPSA) is 75.7 Å². The van der Waals surface area contributed by atoms with Gasteiger partial charge in [-0.25, -0.2) is 8.42 Å². The molecule has 0 heterocycles. The minimum Gasteiger partial charge on any atom is -0.491 e. The first kappa shape index (κ1) is 25.3. The number of hydrogen-bond donors (Lipinski definition) is 1. The fraction of sp³-hybridized carbons (Fsp3) is 0.296. The Balaban J connectivity index is 1.65. The second-order valence-corrected chi connectivity index (χ2v) is 10.6. The highest BCUT2D eigenvalue weighted by Crippen LogP contribution is 2.24. The largest absolute Gasteiger partial charge is 0.491 e. The third-order valence-electron chi connectivity index (χ3n) is 5.38. The molecule has 34 heavy (non-hydrogen) atoms. The highest BCUT2D eigenvalue weighted by atomic mass is 32.2. The number of benzene rings is 3. The predicted molar refractivity (Wildman–Crippen MR) is 137 cm³/mol. The highest BCUT2D eigenvalue weighted by Gasteiger charge is 2.18. The molecule has 0 bridgehead atoms. The van der Waals surface area contributed by atoms with Crippen LogP contribution in [0.5, 0.6) is 5.75 Å². The Kier molecular flexibility index (Phi) is 8.34. The van der Waals surface area contributed by atoms with E-state index in [4.69, 9.17) is 4.74 Å². The summed E-state index contributed by atoms with van der Waals surface area (Å²) in [5.74, 6) is 0.726. The lowest BCUT2D eigenvalue weighted by Gasteiger charge is -2.23. The molecule has 0 aromatic heterocycles. The molecule has 3 aromatic rings. The number of nitrogens with one attached hydrogen (secondary N) is 1. The summed E-state index contributed by atoms with van der Waals surface area (Å²) in [6.07, 6.45) is 1.22. The molecule has 1 atom stereocenters. The highest BCUT2D eigenvalue weighted by molar-refractivity contribution is 7.92. The quantitative estimate of drug-likeness (QED) is 0.444. The van der Waals surface area contributed by atoms with Crippen molar-refractivity contribution in [3.8, 4) is 5.75 Å². The smallest absolute Gasteiger partial charge is 0.251 e. The summed E-state index contributed by atoms with van der Waals surface area (Å²) in [6, 6.07) is 24.0. The molecule has 0 saturated carbocycles. The fourth-order valence-corrected chi connectivity index (χ4v) is 4.43. The van der Waals surface area contributed by atoms with Gasteiger partial charge < -0.3 is 10.1 Å². The summed E-state index contributed by atoms with van der Waals surface area (Å²) in [7, 11) is -3.51. The van der Waals surface area contributed by atoms with E-state index in [1.807, 2.05) is 44.2 Å². The Labute approximate surface area is 202 Å². The van der Waals surface area contributed by atoms with Gasteiger partial charge in [0.25, 0.3) is 5.91 Å². The molecule has 1 amide bonds. The normalized spacial score (nSPS) is 12.3. The fourth-order valence-electron chi connectivity index (χ4n) is 3.54. The molecule has 1 N–H and O–H groups in total. The van der Waals surface area contributed by atoms with Crippen molar-refractivity contribution in [2.24, 2.45) is 0 Å². The van der Waals surface area contributed by atoms with E-state index in [2.05, 4.69) is 12.2 Å². The van der Waals surface area contributed by atoms with Gasteiger partial charge in [0.05, 0.1) is 24.6 Å². The molecule has 6 nitrogen and oxygen atoms in total. The maximum Gasteiger partial charge on any atom is 0.251 e. The molecule has 0 aliphatic rings. The Morgan fingerprint density at radius 1 is 0.912 bits per heavy atom. The summed E-state index contributed by atoms with van der Waals surface area (Å²) in [6.45, 7) is 6.63. The number of anilines is 1. The molecular weight excluding hydrogens is 448 g/mol. The van der Waals surface area contributed by atoms with Gasteiger partial charge in [-0.15, -0.1) is 0 Å². The average Bonchev–Trinajstić information content (AvgIpc) is 2.81. The Bertz CT molecular complexity index is 1180. The lowest BCUT2D eigenvalue weighted by atomic mass is 10.0. The zero-order valence-electron chi connectivity index (χ0n) is 20.1. The Morgan fingerprint density at radius 2 is 1.53 bits per heavy atom. The molecule has 0 aliphatic heterocycles. The van der Waals surface area contributed by atoms with Gasteiger partial charge in [0, 0.05) is 12.1 Å².